The average Bonchev–Trinajstić information content (AvgIpc) is 2.26. The Morgan fingerprint density at radius 1 is 1.21 bits per heavy atom. The summed E-state index contributed by atoms with van der Waals surface area (Å²) >= 11 is 0. The van der Waals surface area contributed by atoms with Gasteiger partial charge in [0.2, 0.25) is 15.0 Å². The van der Waals surface area contributed by atoms with Gasteiger partial charge in [-0.25, -0.2) is 13.4 Å². The van der Waals surface area contributed by atoms with Crippen molar-refractivity contribution in [2.45, 2.75) is 32.0 Å². The summed E-state index contributed by atoms with van der Waals surface area (Å²) in [5, 5.41) is 0.429. The molecule has 0 radical (unpaired) electrons. The lowest BCUT2D eigenvalue weighted by Gasteiger charge is -2.14. The Morgan fingerprint density at radius 2 is 1.84 bits per heavy atom. The Bertz CT molecular complexity index is 807. The van der Waals surface area contributed by atoms with Crippen LogP contribution in [0.3, 0.4) is 0 Å². The molecule has 0 saturated carbocycles. The van der Waals surface area contributed by atoms with E-state index in [1.807, 2.05) is 13.8 Å². The Morgan fingerprint density at radius 3 is 2.37 bits per heavy atom. The summed E-state index contributed by atoms with van der Waals surface area (Å²) in [5.74, 6) is 0. The number of rotatable bonds is 2. The molecule has 0 aliphatic heterocycles. The predicted octanol–water partition coefficient (Wildman–Crippen LogP) is 1.08. The third kappa shape index (κ3) is 2.37. The van der Waals surface area contributed by atoms with E-state index in [0.29, 0.717) is 16.7 Å². The molecule has 2 rings (SSSR count). The number of sulfone groups is 1. The van der Waals surface area contributed by atoms with Crippen molar-refractivity contribution in [2.24, 2.45) is 0 Å². The van der Waals surface area contributed by atoms with Gasteiger partial charge in [-0.1, -0.05) is 0 Å². The molecule has 102 valence electrons. The highest BCUT2D eigenvalue weighted by molar-refractivity contribution is 7.90. The summed E-state index contributed by atoms with van der Waals surface area (Å²) in [4.78, 5) is 19.9. The molecule has 0 N–H and O–H groups in total. The summed E-state index contributed by atoms with van der Waals surface area (Å²) in [5.41, 5.74) is 0.690. The quantitative estimate of drug-likeness (QED) is 0.769. The molecule has 0 unspecified atom stereocenters. The monoisotopic (exact) mass is 281 g/mol. The number of fused-ring (bicyclic) bond motifs is 1. The van der Waals surface area contributed by atoms with Crippen LogP contribution in [-0.2, 0) is 9.84 Å². The van der Waals surface area contributed by atoms with Gasteiger partial charge in [-0.3, -0.25) is 9.36 Å². The van der Waals surface area contributed by atoms with Crippen LogP contribution < -0.4 is 5.56 Å². The Kier molecular flexibility index (Phi) is 3.17. The first-order chi connectivity index (χ1) is 8.71. The van der Waals surface area contributed by atoms with E-state index in [0.717, 1.165) is 6.26 Å². The SMILES string of the molecule is Cc1nc(S(C)(=O)=O)nc2c1ccc(=O)n2C(C)C. The first kappa shape index (κ1) is 13.7. The van der Waals surface area contributed by atoms with Crippen LogP contribution in [0, 0.1) is 6.92 Å². The van der Waals surface area contributed by atoms with Gasteiger partial charge in [-0.2, -0.15) is 4.98 Å². The van der Waals surface area contributed by atoms with Gasteiger partial charge in [-0.05, 0) is 26.8 Å². The maximum Gasteiger partial charge on any atom is 0.252 e. The Labute approximate surface area is 111 Å². The summed E-state index contributed by atoms with van der Waals surface area (Å²) < 4.78 is 24.6. The Balaban J connectivity index is 3.00. The fourth-order valence-corrected chi connectivity index (χ4v) is 2.48. The minimum Gasteiger partial charge on any atom is -0.290 e. The molecule has 0 bridgehead atoms. The second-order valence-electron chi connectivity index (χ2n) is 4.74. The van der Waals surface area contributed by atoms with E-state index in [9.17, 15) is 13.2 Å². The molecular formula is C12H15N3O3S. The minimum absolute atomic E-state index is 0.113. The van der Waals surface area contributed by atoms with E-state index >= 15 is 0 Å². The lowest BCUT2D eigenvalue weighted by atomic mass is 10.2. The zero-order valence-electron chi connectivity index (χ0n) is 11.2. The highest BCUT2D eigenvalue weighted by Crippen LogP contribution is 2.18. The standard InChI is InChI=1S/C12H15N3O3S/c1-7(2)15-10(16)6-5-9-8(3)13-12(14-11(9)15)19(4,17)18/h5-7H,1-4H3. The molecule has 0 aliphatic carbocycles. The molecule has 2 heterocycles. The maximum atomic E-state index is 11.9. The highest BCUT2D eigenvalue weighted by atomic mass is 32.2. The molecule has 0 spiro atoms. The molecular weight excluding hydrogens is 266 g/mol. The summed E-state index contributed by atoms with van der Waals surface area (Å²) in [6.07, 6.45) is 1.05. The van der Waals surface area contributed by atoms with Gasteiger partial charge in [0.25, 0.3) is 5.56 Å². The van der Waals surface area contributed by atoms with Gasteiger partial charge in [0.1, 0.15) is 5.65 Å². The van der Waals surface area contributed by atoms with Gasteiger partial charge in [-0.15, -0.1) is 0 Å². The van der Waals surface area contributed by atoms with Gasteiger partial charge in [0.15, 0.2) is 0 Å². The normalized spacial score (nSPS) is 12.3. The summed E-state index contributed by atoms with van der Waals surface area (Å²) in [6.45, 7) is 5.39. The lowest BCUT2D eigenvalue weighted by molar-refractivity contribution is 0.581. The topological polar surface area (TPSA) is 81.9 Å². The number of nitrogens with zero attached hydrogens (tertiary/aromatic N) is 3. The zero-order chi connectivity index (χ0) is 14.4. The fourth-order valence-electron chi connectivity index (χ4n) is 1.92. The first-order valence-corrected chi connectivity index (χ1v) is 7.71. The third-order valence-corrected chi connectivity index (χ3v) is 3.65. The van der Waals surface area contributed by atoms with Gasteiger partial charge < -0.3 is 0 Å². The van der Waals surface area contributed by atoms with Crippen LogP contribution in [0.4, 0.5) is 0 Å². The van der Waals surface area contributed by atoms with Gasteiger partial charge in [0, 0.05) is 23.8 Å². The highest BCUT2D eigenvalue weighted by Gasteiger charge is 2.17. The van der Waals surface area contributed by atoms with E-state index in [4.69, 9.17) is 0 Å². The van der Waals surface area contributed by atoms with E-state index in [1.54, 1.807) is 13.0 Å². The molecule has 2 aromatic rings. The molecule has 19 heavy (non-hydrogen) atoms. The van der Waals surface area contributed by atoms with Crippen molar-refractivity contribution in [2.75, 3.05) is 6.26 Å². The van der Waals surface area contributed by atoms with Crippen LogP contribution >= 0.6 is 0 Å². The van der Waals surface area contributed by atoms with Crippen molar-refractivity contribution in [3.8, 4) is 0 Å². The predicted molar refractivity (Wildman–Crippen MR) is 72.0 cm³/mol. The van der Waals surface area contributed by atoms with Crippen LogP contribution in [0.25, 0.3) is 11.0 Å². The maximum absolute atomic E-state index is 11.9. The lowest BCUT2D eigenvalue weighted by Crippen LogP contribution is -2.23. The second kappa shape index (κ2) is 4.41. The van der Waals surface area contributed by atoms with Crippen LogP contribution in [0.2, 0.25) is 0 Å². The van der Waals surface area contributed by atoms with Crippen LogP contribution in [-0.4, -0.2) is 29.2 Å². The van der Waals surface area contributed by atoms with Crippen LogP contribution in [0.1, 0.15) is 25.6 Å². The summed E-state index contributed by atoms with van der Waals surface area (Å²) in [6, 6.07) is 2.95. The third-order valence-electron chi connectivity index (χ3n) is 2.80. The number of aryl methyl sites for hydroxylation is 1. The molecule has 0 aromatic carbocycles. The molecule has 0 amide bonds. The number of pyridine rings is 1. The van der Waals surface area contributed by atoms with Gasteiger partial charge in [0.05, 0.1) is 5.69 Å². The molecule has 7 heteroatoms. The largest absolute Gasteiger partial charge is 0.290 e. The average molecular weight is 281 g/mol. The molecule has 6 nitrogen and oxygen atoms in total. The fraction of sp³-hybridized carbons (Fsp3) is 0.417. The Hall–Kier alpha value is -1.76. The van der Waals surface area contributed by atoms with Crippen LogP contribution in [0.15, 0.2) is 22.1 Å². The number of aromatic nitrogens is 3. The first-order valence-electron chi connectivity index (χ1n) is 5.82. The molecule has 2 aromatic heterocycles. The number of hydrogen-bond acceptors (Lipinski definition) is 5. The van der Waals surface area contributed by atoms with Crippen molar-refractivity contribution in [1.29, 1.82) is 0 Å². The molecule has 0 aliphatic rings. The van der Waals surface area contributed by atoms with Crippen molar-refractivity contribution in [1.82, 2.24) is 14.5 Å². The second-order valence-corrected chi connectivity index (χ2v) is 6.65. The van der Waals surface area contributed by atoms with Crippen molar-refractivity contribution < 1.29 is 8.42 Å². The van der Waals surface area contributed by atoms with E-state index in [-0.39, 0.29) is 16.8 Å². The van der Waals surface area contributed by atoms with Crippen molar-refractivity contribution >= 4 is 20.9 Å². The van der Waals surface area contributed by atoms with Gasteiger partial charge >= 0.3 is 0 Å². The minimum atomic E-state index is -3.51. The zero-order valence-corrected chi connectivity index (χ0v) is 12.0. The van der Waals surface area contributed by atoms with Crippen molar-refractivity contribution in [3.05, 3.63) is 28.2 Å². The van der Waals surface area contributed by atoms with E-state index < -0.39 is 9.84 Å². The molecule has 0 fully saturated rings. The number of hydrogen-bond donors (Lipinski definition) is 0. The smallest absolute Gasteiger partial charge is 0.252 e. The van der Waals surface area contributed by atoms with Crippen LogP contribution in [0.5, 0.6) is 0 Å². The van der Waals surface area contributed by atoms with E-state index in [1.165, 1.54) is 10.6 Å². The summed E-state index contributed by atoms with van der Waals surface area (Å²) in [7, 11) is -3.51. The van der Waals surface area contributed by atoms with E-state index in [2.05, 4.69) is 9.97 Å². The molecule has 0 saturated heterocycles. The molecule has 0 atom stereocenters. The van der Waals surface area contributed by atoms with Crippen molar-refractivity contribution in [3.63, 3.8) is 0 Å².